The lowest BCUT2D eigenvalue weighted by Crippen LogP contribution is -2.53. The molecule has 3 aliphatic heterocycles. The molecule has 0 bridgehead atoms. The number of hydrogen-bond donors (Lipinski definition) is 4. The highest BCUT2D eigenvalue weighted by molar-refractivity contribution is 6.07. The van der Waals surface area contributed by atoms with Crippen LogP contribution in [0.5, 0.6) is 5.75 Å². The molecule has 3 aromatic carbocycles. The molecule has 14 heteroatoms. The molecule has 0 spiro atoms. The van der Waals surface area contributed by atoms with E-state index in [1.807, 2.05) is 26.8 Å². The van der Waals surface area contributed by atoms with Gasteiger partial charge in [-0.15, -0.1) is 0 Å². The van der Waals surface area contributed by atoms with E-state index in [1.165, 1.54) is 7.11 Å². The zero-order valence-electron chi connectivity index (χ0n) is 33.6. The third-order valence-electron chi connectivity index (χ3n) is 12.2. The number of carboxylic acid groups (broad SMARTS) is 1. The summed E-state index contributed by atoms with van der Waals surface area (Å²) in [6, 6.07) is 13.4. The first-order valence-electron chi connectivity index (χ1n) is 19.8. The zero-order valence-corrected chi connectivity index (χ0v) is 33.6. The van der Waals surface area contributed by atoms with Crippen molar-refractivity contribution in [2.24, 2.45) is 11.3 Å². The first-order valence-corrected chi connectivity index (χ1v) is 19.8. The van der Waals surface area contributed by atoms with E-state index >= 15 is 0 Å². The predicted molar refractivity (Wildman–Crippen MR) is 215 cm³/mol. The molecule has 3 aliphatic rings. The Kier molecular flexibility index (Phi) is 9.66. The van der Waals surface area contributed by atoms with E-state index in [2.05, 4.69) is 72.5 Å². The Balaban J connectivity index is 1.10. The smallest absolute Gasteiger partial charge is 0.408 e. The number of benzene rings is 3. The second-order valence-electron chi connectivity index (χ2n) is 16.8. The van der Waals surface area contributed by atoms with Crippen LogP contribution in [0.15, 0.2) is 48.7 Å². The Morgan fingerprint density at radius 1 is 1.11 bits per heavy atom. The van der Waals surface area contributed by atoms with Crippen LogP contribution in [0.4, 0.5) is 9.59 Å². The summed E-state index contributed by atoms with van der Waals surface area (Å²) in [4.78, 5) is 58.7. The zero-order chi connectivity index (χ0) is 40.4. The number of methoxy groups -OCH3 is 1. The summed E-state index contributed by atoms with van der Waals surface area (Å²) < 4.78 is 17.3. The molecule has 2 fully saturated rings. The van der Waals surface area contributed by atoms with Gasteiger partial charge < -0.3 is 39.5 Å². The van der Waals surface area contributed by atoms with Gasteiger partial charge in [0, 0.05) is 37.1 Å². The summed E-state index contributed by atoms with van der Waals surface area (Å²) in [6.07, 6.45) is 2.09. The van der Waals surface area contributed by atoms with E-state index in [0.717, 1.165) is 61.9 Å². The molecule has 0 saturated carbocycles. The summed E-state index contributed by atoms with van der Waals surface area (Å²) in [5, 5.41) is 14.8. The number of carbonyl (C=O) groups excluding carboxylic acids is 2. The van der Waals surface area contributed by atoms with Crippen molar-refractivity contribution in [1.29, 1.82) is 0 Å². The van der Waals surface area contributed by atoms with Crippen molar-refractivity contribution in [1.82, 2.24) is 35.1 Å². The molecule has 57 heavy (non-hydrogen) atoms. The lowest BCUT2D eigenvalue weighted by molar-refractivity contribution is -0.136. The number of amides is 3. The first kappa shape index (κ1) is 38.3. The number of hydrogen-bond acceptors (Lipinski definition) is 8. The maximum atomic E-state index is 14.0. The van der Waals surface area contributed by atoms with Crippen molar-refractivity contribution in [3.63, 3.8) is 0 Å². The summed E-state index contributed by atoms with van der Waals surface area (Å²) >= 11 is 0. The van der Waals surface area contributed by atoms with Crippen molar-refractivity contribution in [3.05, 3.63) is 65.9 Å². The quantitative estimate of drug-likeness (QED) is 0.123. The van der Waals surface area contributed by atoms with Gasteiger partial charge >= 0.3 is 12.2 Å². The average Bonchev–Trinajstić information content (AvgIpc) is 4.00. The van der Waals surface area contributed by atoms with Crippen LogP contribution in [0.2, 0.25) is 0 Å². The van der Waals surface area contributed by atoms with Gasteiger partial charge in [-0.2, -0.15) is 0 Å². The number of nitrogens with one attached hydrogen (secondary N) is 3. The minimum atomic E-state index is -0.930. The minimum absolute atomic E-state index is 0.168. The Hall–Kier alpha value is -5.63. The highest BCUT2D eigenvalue weighted by Crippen LogP contribution is 2.51. The second kappa shape index (κ2) is 14.4. The summed E-state index contributed by atoms with van der Waals surface area (Å²) in [7, 11) is 1.28. The van der Waals surface area contributed by atoms with E-state index < -0.39 is 23.8 Å². The summed E-state index contributed by atoms with van der Waals surface area (Å²) in [5.41, 5.74) is 5.36. The third-order valence-corrected chi connectivity index (χ3v) is 12.2. The Labute approximate surface area is 331 Å². The molecule has 3 amide bonds. The van der Waals surface area contributed by atoms with Crippen molar-refractivity contribution in [2.75, 3.05) is 26.8 Å². The SMILES string of the molecule is CCO[C@H]1C[C@@H](c2nc3ccc4cc5c(cc4c3[nH]2)OCc2cc(-c3cnc([C@@]4(C(C)(C)C)CCCN4C(=O)O)[nH]3)ccc2-5)N(C(=O)[C@@H](NC(=O)OC)C(C)C)C1. The van der Waals surface area contributed by atoms with Gasteiger partial charge in [0.2, 0.25) is 5.91 Å². The normalized spacial score (nSPS) is 21.1. The van der Waals surface area contributed by atoms with Gasteiger partial charge in [0.15, 0.2) is 0 Å². The fourth-order valence-corrected chi connectivity index (χ4v) is 9.31. The number of ether oxygens (including phenoxy) is 3. The number of aromatic nitrogens is 4. The van der Waals surface area contributed by atoms with Gasteiger partial charge in [-0.3, -0.25) is 9.69 Å². The second-order valence-corrected chi connectivity index (χ2v) is 16.8. The Morgan fingerprint density at radius 3 is 2.63 bits per heavy atom. The number of likely N-dealkylation sites (tertiary alicyclic amines) is 2. The van der Waals surface area contributed by atoms with E-state index in [1.54, 1.807) is 16.0 Å². The average molecular weight is 778 g/mol. The predicted octanol–water partition coefficient (Wildman–Crippen LogP) is 7.74. The van der Waals surface area contributed by atoms with Gasteiger partial charge in [-0.05, 0) is 77.4 Å². The fourth-order valence-electron chi connectivity index (χ4n) is 9.31. The van der Waals surface area contributed by atoms with E-state index in [-0.39, 0.29) is 29.4 Å². The standard InChI is InChI=1S/C43H51N7O7/c1-8-56-27-18-33(49(21-27)38(51)35(23(2)3)48-40(52)55-7)37-45-31-13-11-24-17-30-28-12-10-25(16-26(28)22-57-34(30)19-29(24)36(31)47-37)32-20-44-39(46-32)43(42(4,5)6)14-9-15-50(43)41(53)54/h10-13,16-17,19-20,23,27,33,35H,8-9,14-15,18,21-22H2,1-7H3,(H,44,46)(H,45,47)(H,48,52)(H,53,54)/t27-,33-,35-,43+/m0/s1. The van der Waals surface area contributed by atoms with Crippen molar-refractivity contribution in [2.45, 2.75) is 91.1 Å². The third kappa shape index (κ3) is 6.43. The van der Waals surface area contributed by atoms with Crippen LogP contribution < -0.4 is 10.1 Å². The number of alkyl carbamates (subject to hydrolysis) is 1. The summed E-state index contributed by atoms with van der Waals surface area (Å²) in [6.45, 7) is 13.7. The minimum Gasteiger partial charge on any atom is -0.488 e. The highest BCUT2D eigenvalue weighted by Gasteiger charge is 2.55. The lowest BCUT2D eigenvalue weighted by Gasteiger charge is -2.45. The van der Waals surface area contributed by atoms with Crippen molar-refractivity contribution >= 4 is 39.9 Å². The van der Waals surface area contributed by atoms with E-state index in [4.69, 9.17) is 24.2 Å². The number of H-pyrrole nitrogens is 2. The van der Waals surface area contributed by atoms with Crippen LogP contribution in [0.25, 0.3) is 44.2 Å². The largest absolute Gasteiger partial charge is 0.488 e. The topological polar surface area (TPSA) is 175 Å². The molecule has 2 saturated heterocycles. The van der Waals surface area contributed by atoms with Crippen molar-refractivity contribution < 1.29 is 33.7 Å². The number of rotatable bonds is 8. The number of carbonyl (C=O) groups is 3. The molecule has 2 aromatic heterocycles. The number of fused-ring (bicyclic) bond motifs is 6. The van der Waals surface area contributed by atoms with E-state index in [9.17, 15) is 19.5 Å². The molecule has 0 aliphatic carbocycles. The molecule has 8 rings (SSSR count). The molecule has 4 atom stereocenters. The molecule has 0 unspecified atom stereocenters. The van der Waals surface area contributed by atoms with Crippen LogP contribution in [0, 0.1) is 11.3 Å². The van der Waals surface area contributed by atoms with E-state index in [0.29, 0.717) is 50.8 Å². The van der Waals surface area contributed by atoms with Crippen LogP contribution in [-0.2, 0) is 26.4 Å². The van der Waals surface area contributed by atoms with Gasteiger partial charge in [0.25, 0.3) is 0 Å². The van der Waals surface area contributed by atoms with Crippen LogP contribution in [0.3, 0.4) is 0 Å². The van der Waals surface area contributed by atoms with Gasteiger partial charge in [-0.1, -0.05) is 52.8 Å². The van der Waals surface area contributed by atoms with Gasteiger partial charge in [-0.25, -0.2) is 19.6 Å². The Bertz CT molecular complexity index is 2380. The Morgan fingerprint density at radius 2 is 1.91 bits per heavy atom. The lowest BCUT2D eigenvalue weighted by atomic mass is 9.71. The maximum absolute atomic E-state index is 14.0. The molecule has 300 valence electrons. The summed E-state index contributed by atoms with van der Waals surface area (Å²) in [5.74, 6) is 1.71. The number of nitrogens with zero attached hydrogens (tertiary/aromatic N) is 4. The number of aromatic amines is 2. The molecular formula is C43H51N7O7. The molecule has 5 heterocycles. The van der Waals surface area contributed by atoms with Crippen LogP contribution >= 0.6 is 0 Å². The monoisotopic (exact) mass is 777 g/mol. The fraction of sp³-hybridized carbons (Fsp3) is 0.465. The molecule has 5 aromatic rings. The maximum Gasteiger partial charge on any atom is 0.408 e. The highest BCUT2D eigenvalue weighted by atomic mass is 16.5. The molecule has 14 nitrogen and oxygen atoms in total. The number of imidazole rings is 2. The van der Waals surface area contributed by atoms with Gasteiger partial charge in [0.05, 0.1) is 42.2 Å². The molecular weight excluding hydrogens is 727 g/mol. The first-order chi connectivity index (χ1) is 27.2. The van der Waals surface area contributed by atoms with Crippen molar-refractivity contribution in [3.8, 4) is 28.1 Å². The van der Waals surface area contributed by atoms with Crippen LogP contribution in [0.1, 0.15) is 84.1 Å². The molecule has 4 N–H and O–H groups in total. The van der Waals surface area contributed by atoms with Crippen LogP contribution in [-0.4, -0.2) is 91.9 Å². The van der Waals surface area contributed by atoms with Gasteiger partial charge in [0.1, 0.15) is 35.6 Å². The molecule has 0 radical (unpaired) electrons.